The first-order valence-corrected chi connectivity index (χ1v) is 12.9. The van der Waals surface area contributed by atoms with Crippen molar-refractivity contribution in [3.63, 3.8) is 0 Å². The number of rotatable bonds is 6. The van der Waals surface area contributed by atoms with Gasteiger partial charge < -0.3 is 4.98 Å². The van der Waals surface area contributed by atoms with E-state index in [2.05, 4.69) is 27.6 Å². The highest BCUT2D eigenvalue weighted by Gasteiger charge is 2.16. The molecule has 0 radical (unpaired) electrons. The van der Waals surface area contributed by atoms with Gasteiger partial charge in [0.1, 0.15) is 15.5 Å². The predicted octanol–water partition coefficient (Wildman–Crippen LogP) is 5.27. The molecule has 156 valence electrons. The van der Waals surface area contributed by atoms with Crippen LogP contribution in [-0.2, 0) is 12.3 Å². The fourth-order valence-electron chi connectivity index (χ4n) is 3.29. The molecule has 0 amide bonds. The van der Waals surface area contributed by atoms with E-state index in [-0.39, 0.29) is 11.1 Å². The minimum atomic E-state index is -0.145. The molecule has 5 aromatic rings. The SMILES string of the molecule is C=CCn1c(SCc2nc3scc(-c4ccc(C)s4)c3c(=O)[nH]2)nc2sccc2c1=O. The van der Waals surface area contributed by atoms with Gasteiger partial charge in [-0.3, -0.25) is 14.2 Å². The van der Waals surface area contributed by atoms with E-state index in [1.54, 1.807) is 28.0 Å². The van der Waals surface area contributed by atoms with Gasteiger partial charge in [-0.1, -0.05) is 17.8 Å². The number of fused-ring (bicyclic) bond motifs is 2. The molecule has 0 aromatic carbocycles. The first kappa shape index (κ1) is 20.4. The smallest absolute Gasteiger partial charge is 0.263 e. The molecule has 0 atom stereocenters. The highest BCUT2D eigenvalue weighted by molar-refractivity contribution is 7.98. The molecule has 0 saturated carbocycles. The molecular weight excluding hydrogens is 469 g/mol. The third-order valence-electron chi connectivity index (χ3n) is 4.70. The van der Waals surface area contributed by atoms with Crippen molar-refractivity contribution in [2.24, 2.45) is 0 Å². The van der Waals surface area contributed by atoms with E-state index in [1.807, 2.05) is 23.8 Å². The molecule has 10 heteroatoms. The third-order valence-corrected chi connectivity index (χ3v) is 8.40. The Kier molecular flexibility index (Phi) is 5.39. The van der Waals surface area contributed by atoms with Gasteiger partial charge in [0.15, 0.2) is 5.16 Å². The van der Waals surface area contributed by atoms with Gasteiger partial charge in [-0.05, 0) is 30.5 Å². The molecule has 0 spiro atoms. The number of nitrogens with zero attached hydrogens (tertiary/aromatic N) is 3. The lowest BCUT2D eigenvalue weighted by atomic mass is 10.2. The van der Waals surface area contributed by atoms with Crippen molar-refractivity contribution in [2.75, 3.05) is 0 Å². The largest absolute Gasteiger partial charge is 0.309 e. The summed E-state index contributed by atoms with van der Waals surface area (Å²) in [5.41, 5.74) is 0.698. The molecule has 0 aliphatic rings. The molecule has 0 fully saturated rings. The molecule has 1 N–H and O–H groups in total. The van der Waals surface area contributed by atoms with Crippen LogP contribution in [0.1, 0.15) is 10.7 Å². The summed E-state index contributed by atoms with van der Waals surface area (Å²) in [6.45, 7) is 6.17. The summed E-state index contributed by atoms with van der Waals surface area (Å²) in [5.74, 6) is 0.959. The molecule has 5 aromatic heterocycles. The Morgan fingerprint density at radius 1 is 1.19 bits per heavy atom. The molecule has 6 nitrogen and oxygen atoms in total. The van der Waals surface area contributed by atoms with Gasteiger partial charge in [-0.15, -0.1) is 40.6 Å². The van der Waals surface area contributed by atoms with Gasteiger partial charge >= 0.3 is 0 Å². The summed E-state index contributed by atoms with van der Waals surface area (Å²) in [7, 11) is 0. The summed E-state index contributed by atoms with van der Waals surface area (Å²) in [6, 6.07) is 5.88. The average Bonchev–Trinajstić information content (AvgIpc) is 3.48. The number of hydrogen-bond acceptors (Lipinski definition) is 8. The van der Waals surface area contributed by atoms with Crippen LogP contribution in [0.5, 0.6) is 0 Å². The van der Waals surface area contributed by atoms with E-state index >= 15 is 0 Å². The van der Waals surface area contributed by atoms with Crippen LogP contribution in [0.2, 0.25) is 0 Å². The molecule has 5 heterocycles. The summed E-state index contributed by atoms with van der Waals surface area (Å²) < 4.78 is 1.60. The van der Waals surface area contributed by atoms with Gasteiger partial charge in [0, 0.05) is 27.2 Å². The zero-order valence-corrected chi connectivity index (χ0v) is 19.6. The second kappa shape index (κ2) is 8.19. The maximum absolute atomic E-state index is 12.9. The maximum atomic E-state index is 12.9. The minimum Gasteiger partial charge on any atom is -0.309 e. The van der Waals surface area contributed by atoms with Crippen molar-refractivity contribution in [1.82, 2.24) is 19.5 Å². The number of hydrogen-bond donors (Lipinski definition) is 1. The fourth-order valence-corrected chi connectivity index (χ4v) is 6.89. The Bertz CT molecular complexity index is 1550. The highest BCUT2D eigenvalue weighted by atomic mass is 32.2. The van der Waals surface area contributed by atoms with E-state index in [0.717, 1.165) is 10.4 Å². The number of aromatic amines is 1. The van der Waals surface area contributed by atoms with Gasteiger partial charge in [-0.25, -0.2) is 9.97 Å². The molecule has 0 aliphatic carbocycles. The Morgan fingerprint density at radius 2 is 2.06 bits per heavy atom. The predicted molar refractivity (Wildman–Crippen MR) is 132 cm³/mol. The summed E-state index contributed by atoms with van der Waals surface area (Å²) in [6.07, 6.45) is 1.68. The maximum Gasteiger partial charge on any atom is 0.263 e. The Labute approximate surface area is 192 Å². The number of allylic oxidation sites excluding steroid dienone is 1. The first-order chi connectivity index (χ1) is 15.0. The number of thiophene rings is 3. The monoisotopic (exact) mass is 484 g/mol. The van der Waals surface area contributed by atoms with Crippen molar-refractivity contribution < 1.29 is 0 Å². The lowest BCUT2D eigenvalue weighted by molar-refractivity contribution is 0.672. The van der Waals surface area contributed by atoms with Crippen LogP contribution in [0.25, 0.3) is 30.9 Å². The Balaban J connectivity index is 1.49. The fraction of sp³-hybridized carbons (Fsp3) is 0.143. The number of H-pyrrole nitrogens is 1. The van der Waals surface area contributed by atoms with Crippen LogP contribution in [0.3, 0.4) is 0 Å². The minimum absolute atomic E-state index is 0.0836. The molecule has 31 heavy (non-hydrogen) atoms. The summed E-state index contributed by atoms with van der Waals surface area (Å²) in [5, 5.41) is 5.68. The molecular formula is C21H16N4O2S4. The summed E-state index contributed by atoms with van der Waals surface area (Å²) in [4.78, 5) is 41.6. The van der Waals surface area contributed by atoms with Crippen LogP contribution in [0.4, 0.5) is 0 Å². The number of thioether (sulfide) groups is 1. The van der Waals surface area contributed by atoms with E-state index in [0.29, 0.717) is 43.7 Å². The van der Waals surface area contributed by atoms with Crippen LogP contribution in [-0.4, -0.2) is 19.5 Å². The van der Waals surface area contributed by atoms with E-state index < -0.39 is 0 Å². The number of aromatic nitrogens is 4. The Hall–Kier alpha value is -2.53. The zero-order chi connectivity index (χ0) is 21.5. The van der Waals surface area contributed by atoms with Crippen molar-refractivity contribution >= 4 is 66.2 Å². The molecule has 0 bridgehead atoms. The normalized spacial score (nSPS) is 11.5. The van der Waals surface area contributed by atoms with Crippen molar-refractivity contribution in [3.8, 4) is 10.4 Å². The molecule has 0 saturated heterocycles. The van der Waals surface area contributed by atoms with Crippen molar-refractivity contribution in [2.45, 2.75) is 24.4 Å². The van der Waals surface area contributed by atoms with E-state index in [1.165, 1.54) is 39.3 Å². The highest BCUT2D eigenvalue weighted by Crippen LogP contribution is 2.35. The lowest BCUT2D eigenvalue weighted by Gasteiger charge is -2.09. The van der Waals surface area contributed by atoms with Gasteiger partial charge in [0.25, 0.3) is 11.1 Å². The topological polar surface area (TPSA) is 80.6 Å². The Morgan fingerprint density at radius 3 is 2.84 bits per heavy atom. The van der Waals surface area contributed by atoms with Crippen molar-refractivity contribution in [3.05, 3.63) is 73.0 Å². The first-order valence-electron chi connectivity index (χ1n) is 9.34. The van der Waals surface area contributed by atoms with Gasteiger partial charge in [-0.2, -0.15) is 0 Å². The van der Waals surface area contributed by atoms with Gasteiger partial charge in [0.2, 0.25) is 0 Å². The standard InChI is InChI=1S/C21H16N4O2S4/c1-3-7-25-20(27)12-6-8-28-18(12)24-21(25)30-10-15-22-17(26)16-13(9-29-19(16)23-15)14-5-4-11(2)31-14/h3-6,8-9H,1,7,10H2,2H3,(H,22,23,26). The second-order valence-electron chi connectivity index (χ2n) is 6.78. The van der Waals surface area contributed by atoms with Crippen LogP contribution in [0.15, 0.2) is 56.4 Å². The van der Waals surface area contributed by atoms with E-state index in [9.17, 15) is 9.59 Å². The van der Waals surface area contributed by atoms with Crippen LogP contribution >= 0.6 is 45.8 Å². The summed E-state index contributed by atoms with van der Waals surface area (Å²) >= 11 is 5.95. The number of nitrogens with one attached hydrogen (secondary N) is 1. The quantitative estimate of drug-likeness (QED) is 0.202. The van der Waals surface area contributed by atoms with Gasteiger partial charge in [0.05, 0.1) is 16.5 Å². The van der Waals surface area contributed by atoms with Crippen LogP contribution in [0, 0.1) is 6.92 Å². The number of aryl methyl sites for hydroxylation is 1. The third kappa shape index (κ3) is 3.69. The molecule has 0 unspecified atom stereocenters. The van der Waals surface area contributed by atoms with Crippen molar-refractivity contribution in [1.29, 1.82) is 0 Å². The van der Waals surface area contributed by atoms with Crippen LogP contribution < -0.4 is 11.1 Å². The van der Waals surface area contributed by atoms with E-state index in [4.69, 9.17) is 0 Å². The molecule has 5 rings (SSSR count). The zero-order valence-electron chi connectivity index (χ0n) is 16.4. The average molecular weight is 485 g/mol. The second-order valence-corrected chi connectivity index (χ2v) is 10.8. The molecule has 0 aliphatic heterocycles. The lowest BCUT2D eigenvalue weighted by Crippen LogP contribution is -2.22.